The SMILES string of the molecule is CCn1cc(-c2cc(C(=O)N[C@H]3CC(=O)N(c4cccc(OC)c4)C3)on2)c(C)n1. The Labute approximate surface area is 173 Å². The lowest BCUT2D eigenvalue weighted by Gasteiger charge is -2.17. The summed E-state index contributed by atoms with van der Waals surface area (Å²) in [7, 11) is 1.58. The van der Waals surface area contributed by atoms with Crippen molar-refractivity contribution in [2.24, 2.45) is 0 Å². The molecule has 2 aromatic heterocycles. The summed E-state index contributed by atoms with van der Waals surface area (Å²) >= 11 is 0. The number of anilines is 1. The molecule has 2 amide bonds. The standard InChI is InChI=1S/C21H23N5O4/c1-4-25-12-17(13(2)23-25)18-10-19(30-24-18)21(28)22-14-8-20(27)26(11-14)15-6-5-7-16(9-15)29-3/h5-7,9-10,12,14H,4,8,11H2,1-3H3,(H,22,28)/t14-/m0/s1. The minimum atomic E-state index is -0.403. The molecule has 9 heteroatoms. The van der Waals surface area contributed by atoms with Gasteiger partial charge in [-0.2, -0.15) is 5.10 Å². The summed E-state index contributed by atoms with van der Waals surface area (Å²) in [5, 5.41) is 11.3. The Bertz CT molecular complexity index is 1090. The first-order chi connectivity index (χ1) is 14.5. The number of benzene rings is 1. The maximum Gasteiger partial charge on any atom is 0.290 e. The molecule has 0 bridgehead atoms. The topological polar surface area (TPSA) is 102 Å². The molecule has 1 aliphatic rings. The highest BCUT2D eigenvalue weighted by atomic mass is 16.5. The van der Waals surface area contributed by atoms with Gasteiger partial charge in [0.25, 0.3) is 5.91 Å². The van der Waals surface area contributed by atoms with E-state index in [1.807, 2.05) is 38.2 Å². The van der Waals surface area contributed by atoms with Gasteiger partial charge in [0, 0.05) is 49.1 Å². The molecule has 156 valence electrons. The van der Waals surface area contributed by atoms with Crippen molar-refractivity contribution in [3.8, 4) is 17.0 Å². The molecule has 0 aliphatic carbocycles. The van der Waals surface area contributed by atoms with Crippen LogP contribution in [0, 0.1) is 6.92 Å². The molecule has 0 unspecified atom stereocenters. The van der Waals surface area contributed by atoms with Crippen LogP contribution in [0.2, 0.25) is 0 Å². The molecule has 1 fully saturated rings. The normalized spacial score (nSPS) is 16.2. The van der Waals surface area contributed by atoms with E-state index in [2.05, 4.69) is 15.6 Å². The van der Waals surface area contributed by atoms with Crippen LogP contribution in [0.25, 0.3) is 11.3 Å². The molecule has 1 aliphatic heterocycles. The van der Waals surface area contributed by atoms with E-state index < -0.39 is 5.91 Å². The fourth-order valence-electron chi connectivity index (χ4n) is 3.53. The number of rotatable bonds is 6. The second-order valence-corrected chi connectivity index (χ2v) is 7.14. The number of methoxy groups -OCH3 is 1. The highest BCUT2D eigenvalue weighted by Crippen LogP contribution is 2.26. The summed E-state index contributed by atoms with van der Waals surface area (Å²) in [5.74, 6) is 0.304. The summed E-state index contributed by atoms with van der Waals surface area (Å²) < 4.78 is 12.3. The van der Waals surface area contributed by atoms with Crippen LogP contribution in [0.1, 0.15) is 29.6 Å². The molecule has 9 nitrogen and oxygen atoms in total. The smallest absolute Gasteiger partial charge is 0.290 e. The number of aromatic nitrogens is 3. The maximum absolute atomic E-state index is 12.6. The van der Waals surface area contributed by atoms with Crippen molar-refractivity contribution < 1.29 is 18.8 Å². The molecule has 4 rings (SSSR count). The van der Waals surface area contributed by atoms with Gasteiger partial charge in [-0.05, 0) is 26.0 Å². The van der Waals surface area contributed by atoms with Crippen molar-refractivity contribution in [2.75, 3.05) is 18.6 Å². The van der Waals surface area contributed by atoms with Crippen LogP contribution in [0.5, 0.6) is 5.75 Å². The first-order valence-corrected chi connectivity index (χ1v) is 9.75. The molecule has 0 spiro atoms. The highest BCUT2D eigenvalue weighted by molar-refractivity contribution is 5.98. The van der Waals surface area contributed by atoms with Crippen LogP contribution in [-0.2, 0) is 11.3 Å². The Morgan fingerprint density at radius 2 is 2.20 bits per heavy atom. The molecule has 3 heterocycles. The Morgan fingerprint density at radius 3 is 2.93 bits per heavy atom. The number of nitrogens with zero attached hydrogens (tertiary/aromatic N) is 4. The lowest BCUT2D eigenvalue weighted by Crippen LogP contribution is -2.37. The van der Waals surface area contributed by atoms with Crippen LogP contribution >= 0.6 is 0 Å². The third-order valence-corrected chi connectivity index (χ3v) is 5.11. The zero-order chi connectivity index (χ0) is 21.3. The van der Waals surface area contributed by atoms with Gasteiger partial charge in [0.1, 0.15) is 11.4 Å². The monoisotopic (exact) mass is 409 g/mol. The number of hydrogen-bond donors (Lipinski definition) is 1. The van der Waals surface area contributed by atoms with Gasteiger partial charge in [-0.1, -0.05) is 11.2 Å². The van der Waals surface area contributed by atoms with E-state index >= 15 is 0 Å². The van der Waals surface area contributed by atoms with Gasteiger partial charge in [0.2, 0.25) is 11.7 Å². The van der Waals surface area contributed by atoms with E-state index in [9.17, 15) is 9.59 Å². The second kappa shape index (κ2) is 8.02. The molecular weight excluding hydrogens is 386 g/mol. The first kappa shape index (κ1) is 19.7. The van der Waals surface area contributed by atoms with E-state index in [1.54, 1.807) is 28.8 Å². The number of aryl methyl sites for hydroxylation is 2. The fraction of sp³-hybridized carbons (Fsp3) is 0.333. The van der Waals surface area contributed by atoms with Gasteiger partial charge in [0.15, 0.2) is 0 Å². The summed E-state index contributed by atoms with van der Waals surface area (Å²) in [4.78, 5) is 26.7. The largest absolute Gasteiger partial charge is 0.497 e. The number of nitrogens with one attached hydrogen (secondary N) is 1. The first-order valence-electron chi connectivity index (χ1n) is 9.75. The third kappa shape index (κ3) is 3.78. The zero-order valence-electron chi connectivity index (χ0n) is 17.1. The Balaban J connectivity index is 1.44. The fourth-order valence-corrected chi connectivity index (χ4v) is 3.53. The minimum absolute atomic E-state index is 0.0607. The van der Waals surface area contributed by atoms with Gasteiger partial charge in [0.05, 0.1) is 18.8 Å². The maximum atomic E-state index is 12.6. The molecule has 1 N–H and O–H groups in total. The van der Waals surface area contributed by atoms with Crippen molar-refractivity contribution in [1.29, 1.82) is 0 Å². The molecule has 1 atom stereocenters. The summed E-state index contributed by atoms with van der Waals surface area (Å²) in [6.07, 6.45) is 2.09. The van der Waals surface area contributed by atoms with Crippen LogP contribution in [-0.4, -0.2) is 46.4 Å². The van der Waals surface area contributed by atoms with Crippen LogP contribution < -0.4 is 15.0 Å². The minimum Gasteiger partial charge on any atom is -0.497 e. The molecule has 0 saturated carbocycles. The molecule has 30 heavy (non-hydrogen) atoms. The Kier molecular flexibility index (Phi) is 5.26. The lowest BCUT2D eigenvalue weighted by atomic mass is 10.2. The average molecular weight is 409 g/mol. The highest BCUT2D eigenvalue weighted by Gasteiger charge is 2.32. The van der Waals surface area contributed by atoms with Crippen molar-refractivity contribution in [3.05, 3.63) is 48.0 Å². The summed E-state index contributed by atoms with van der Waals surface area (Å²) in [6, 6.07) is 8.54. The average Bonchev–Trinajstić information content (AvgIpc) is 3.46. The lowest BCUT2D eigenvalue weighted by molar-refractivity contribution is -0.117. The van der Waals surface area contributed by atoms with Crippen molar-refractivity contribution in [2.45, 2.75) is 32.9 Å². The number of ether oxygens (including phenoxy) is 1. The quantitative estimate of drug-likeness (QED) is 0.671. The number of hydrogen-bond acceptors (Lipinski definition) is 6. The number of amides is 2. The third-order valence-electron chi connectivity index (χ3n) is 5.11. The van der Waals surface area contributed by atoms with Gasteiger partial charge < -0.3 is 19.5 Å². The van der Waals surface area contributed by atoms with E-state index in [-0.39, 0.29) is 24.1 Å². The Hall–Kier alpha value is -3.62. The predicted octanol–water partition coefficient (Wildman–Crippen LogP) is 2.41. The van der Waals surface area contributed by atoms with E-state index in [4.69, 9.17) is 9.26 Å². The van der Waals surface area contributed by atoms with Gasteiger partial charge >= 0.3 is 0 Å². The van der Waals surface area contributed by atoms with Crippen molar-refractivity contribution in [1.82, 2.24) is 20.3 Å². The van der Waals surface area contributed by atoms with Gasteiger partial charge in [-0.3, -0.25) is 14.3 Å². The molecule has 0 radical (unpaired) electrons. The molecular formula is C21H23N5O4. The van der Waals surface area contributed by atoms with Crippen LogP contribution in [0.3, 0.4) is 0 Å². The Morgan fingerprint density at radius 1 is 1.37 bits per heavy atom. The van der Waals surface area contributed by atoms with Crippen molar-refractivity contribution >= 4 is 17.5 Å². The van der Waals surface area contributed by atoms with Gasteiger partial charge in [-0.15, -0.1) is 0 Å². The van der Waals surface area contributed by atoms with E-state index in [0.29, 0.717) is 18.0 Å². The van der Waals surface area contributed by atoms with Crippen molar-refractivity contribution in [3.63, 3.8) is 0 Å². The van der Waals surface area contributed by atoms with E-state index in [1.165, 1.54) is 0 Å². The summed E-state index contributed by atoms with van der Waals surface area (Å²) in [6.45, 7) is 5.00. The van der Waals surface area contributed by atoms with Gasteiger partial charge in [-0.25, -0.2) is 0 Å². The second-order valence-electron chi connectivity index (χ2n) is 7.14. The predicted molar refractivity (Wildman–Crippen MR) is 109 cm³/mol. The molecule has 1 aromatic carbocycles. The number of carbonyl (C=O) groups excluding carboxylic acids is 2. The zero-order valence-corrected chi connectivity index (χ0v) is 17.1. The summed E-state index contributed by atoms with van der Waals surface area (Å²) in [5.41, 5.74) is 2.92. The van der Waals surface area contributed by atoms with Crippen LogP contribution in [0.15, 0.2) is 41.1 Å². The molecule has 1 saturated heterocycles. The van der Waals surface area contributed by atoms with E-state index in [0.717, 1.165) is 23.5 Å². The van der Waals surface area contributed by atoms with Crippen LogP contribution in [0.4, 0.5) is 5.69 Å². The molecule has 3 aromatic rings. The number of carbonyl (C=O) groups is 2.